The molecule has 0 saturated heterocycles. The predicted molar refractivity (Wildman–Crippen MR) is 72.6 cm³/mol. The third-order valence-corrected chi connectivity index (χ3v) is 2.35. The van der Waals surface area contributed by atoms with E-state index in [4.69, 9.17) is 4.42 Å². The van der Waals surface area contributed by atoms with Crippen molar-refractivity contribution in [3.8, 4) is 11.6 Å². The summed E-state index contributed by atoms with van der Waals surface area (Å²) in [6, 6.07) is 3.94. The molecule has 0 aromatic carbocycles. The van der Waals surface area contributed by atoms with Crippen LogP contribution in [0.3, 0.4) is 0 Å². The Morgan fingerprint density at radius 1 is 1.53 bits per heavy atom. The summed E-state index contributed by atoms with van der Waals surface area (Å²) in [6.45, 7) is 4.62. The van der Waals surface area contributed by atoms with Gasteiger partial charge in [0.25, 0.3) is 0 Å². The van der Waals surface area contributed by atoms with Crippen molar-refractivity contribution >= 4 is 5.96 Å². The summed E-state index contributed by atoms with van der Waals surface area (Å²) < 4.78 is 5.23. The van der Waals surface area contributed by atoms with Crippen molar-refractivity contribution in [1.29, 1.82) is 0 Å². The molecule has 0 spiro atoms. The maximum atomic E-state index is 5.23. The highest BCUT2D eigenvalue weighted by molar-refractivity contribution is 5.79. The summed E-state index contributed by atoms with van der Waals surface area (Å²) in [6.07, 6.45) is 1.60. The smallest absolute Gasteiger partial charge is 0.216 e. The number of furan rings is 1. The molecule has 7 heteroatoms. The number of hydrogen-bond acceptors (Lipinski definition) is 4. The van der Waals surface area contributed by atoms with Crippen LogP contribution in [-0.4, -0.2) is 34.2 Å². The third kappa shape index (κ3) is 3.57. The second-order valence-electron chi connectivity index (χ2n) is 4.31. The Balaban J connectivity index is 1.93. The highest BCUT2D eigenvalue weighted by Crippen LogP contribution is 2.13. The third-order valence-electron chi connectivity index (χ3n) is 2.35. The number of guanidine groups is 1. The minimum absolute atomic E-state index is 0.319. The van der Waals surface area contributed by atoms with E-state index in [9.17, 15) is 0 Å². The van der Waals surface area contributed by atoms with Crippen molar-refractivity contribution in [1.82, 2.24) is 25.8 Å². The summed E-state index contributed by atoms with van der Waals surface area (Å²) in [5.41, 5.74) is 0. The van der Waals surface area contributed by atoms with Gasteiger partial charge in [-0.1, -0.05) is 0 Å². The van der Waals surface area contributed by atoms with Gasteiger partial charge in [-0.05, 0) is 26.0 Å². The zero-order valence-electron chi connectivity index (χ0n) is 11.3. The van der Waals surface area contributed by atoms with Crippen molar-refractivity contribution in [3.63, 3.8) is 0 Å². The molecular weight excluding hydrogens is 244 g/mol. The van der Waals surface area contributed by atoms with Gasteiger partial charge in [-0.15, -0.1) is 5.10 Å². The van der Waals surface area contributed by atoms with Gasteiger partial charge < -0.3 is 15.1 Å². The van der Waals surface area contributed by atoms with Gasteiger partial charge >= 0.3 is 0 Å². The van der Waals surface area contributed by atoms with E-state index in [1.54, 1.807) is 19.4 Å². The van der Waals surface area contributed by atoms with E-state index in [2.05, 4.69) is 44.7 Å². The second-order valence-corrected chi connectivity index (χ2v) is 4.31. The number of aliphatic imine (C=N–C) groups is 1. The predicted octanol–water partition coefficient (Wildman–Crippen LogP) is 1.14. The molecule has 2 rings (SSSR count). The van der Waals surface area contributed by atoms with Crippen molar-refractivity contribution in [2.24, 2.45) is 4.99 Å². The van der Waals surface area contributed by atoms with Gasteiger partial charge in [0.15, 0.2) is 11.7 Å². The molecule has 0 atom stereocenters. The molecule has 2 aromatic heterocycles. The molecule has 102 valence electrons. The highest BCUT2D eigenvalue weighted by atomic mass is 16.3. The first-order chi connectivity index (χ1) is 9.19. The molecule has 2 aromatic rings. The number of nitrogens with zero attached hydrogens (tertiary/aromatic N) is 3. The minimum atomic E-state index is 0.319. The van der Waals surface area contributed by atoms with E-state index in [1.165, 1.54) is 0 Å². The maximum absolute atomic E-state index is 5.23. The average molecular weight is 262 g/mol. The van der Waals surface area contributed by atoms with Gasteiger partial charge in [-0.25, -0.2) is 4.98 Å². The number of aromatic amines is 1. The lowest BCUT2D eigenvalue weighted by Gasteiger charge is -2.13. The monoisotopic (exact) mass is 262 g/mol. The van der Waals surface area contributed by atoms with Gasteiger partial charge in [0.05, 0.1) is 12.8 Å². The molecule has 19 heavy (non-hydrogen) atoms. The standard InChI is InChI=1S/C12H18N6O/c1-8(2)15-12(13-3)14-7-10-16-11(18-17-10)9-5-4-6-19-9/h4-6,8H,7H2,1-3H3,(H2,13,14,15)(H,16,17,18). The summed E-state index contributed by atoms with van der Waals surface area (Å²) >= 11 is 0. The van der Waals surface area contributed by atoms with Gasteiger partial charge in [0.1, 0.15) is 5.82 Å². The van der Waals surface area contributed by atoms with Crippen LogP contribution in [0.1, 0.15) is 19.7 Å². The normalized spacial score (nSPS) is 11.9. The van der Waals surface area contributed by atoms with Crippen molar-refractivity contribution in [2.45, 2.75) is 26.4 Å². The van der Waals surface area contributed by atoms with E-state index in [0.717, 1.165) is 11.8 Å². The van der Waals surface area contributed by atoms with E-state index < -0.39 is 0 Å². The Labute approximate surface area is 111 Å². The van der Waals surface area contributed by atoms with Gasteiger partial charge in [0.2, 0.25) is 5.82 Å². The average Bonchev–Trinajstić information content (AvgIpc) is 3.03. The van der Waals surface area contributed by atoms with Crippen LogP contribution in [0.4, 0.5) is 0 Å². The Bertz CT molecular complexity index is 528. The molecule has 0 aliphatic rings. The van der Waals surface area contributed by atoms with Crippen molar-refractivity contribution < 1.29 is 4.42 Å². The number of H-pyrrole nitrogens is 1. The van der Waals surface area contributed by atoms with Crippen LogP contribution in [0.2, 0.25) is 0 Å². The minimum Gasteiger partial charge on any atom is -0.461 e. The molecular formula is C12H18N6O. The molecule has 0 amide bonds. The molecule has 3 N–H and O–H groups in total. The lowest BCUT2D eigenvalue weighted by atomic mass is 10.4. The second kappa shape index (κ2) is 6.03. The number of rotatable bonds is 4. The van der Waals surface area contributed by atoms with Crippen LogP contribution >= 0.6 is 0 Å². The molecule has 0 fully saturated rings. The Hall–Kier alpha value is -2.31. The fourth-order valence-corrected chi connectivity index (χ4v) is 1.53. The number of aromatic nitrogens is 3. The molecule has 0 aliphatic carbocycles. The van der Waals surface area contributed by atoms with Crippen LogP contribution in [0.5, 0.6) is 0 Å². The SMILES string of the molecule is CN=C(NCc1nc(-c2ccco2)n[nH]1)NC(C)C. The number of hydrogen-bond donors (Lipinski definition) is 3. The topological polar surface area (TPSA) is 91.1 Å². The van der Waals surface area contributed by atoms with Crippen molar-refractivity contribution in [3.05, 3.63) is 24.2 Å². The zero-order valence-corrected chi connectivity index (χ0v) is 11.3. The molecule has 0 bridgehead atoms. The fourth-order valence-electron chi connectivity index (χ4n) is 1.53. The quantitative estimate of drug-likeness (QED) is 0.567. The van der Waals surface area contributed by atoms with Crippen LogP contribution in [0.15, 0.2) is 27.8 Å². The van der Waals surface area contributed by atoms with E-state index in [0.29, 0.717) is 24.2 Å². The lowest BCUT2D eigenvalue weighted by molar-refractivity contribution is 0.577. The van der Waals surface area contributed by atoms with Gasteiger partial charge in [0, 0.05) is 13.1 Å². The highest BCUT2D eigenvalue weighted by Gasteiger charge is 2.08. The zero-order chi connectivity index (χ0) is 13.7. The van der Waals surface area contributed by atoms with Gasteiger partial charge in [-0.3, -0.25) is 10.1 Å². The molecule has 7 nitrogen and oxygen atoms in total. The molecule has 0 saturated carbocycles. The van der Waals surface area contributed by atoms with E-state index in [-0.39, 0.29) is 0 Å². The van der Waals surface area contributed by atoms with Gasteiger partial charge in [-0.2, -0.15) is 0 Å². The summed E-state index contributed by atoms with van der Waals surface area (Å²) in [5.74, 6) is 2.64. The molecule has 2 heterocycles. The Morgan fingerprint density at radius 3 is 3.00 bits per heavy atom. The van der Waals surface area contributed by atoms with E-state index in [1.807, 2.05) is 6.07 Å². The summed E-state index contributed by atoms with van der Waals surface area (Å²) in [7, 11) is 1.73. The van der Waals surface area contributed by atoms with Crippen LogP contribution < -0.4 is 10.6 Å². The lowest BCUT2D eigenvalue weighted by Crippen LogP contribution is -2.40. The summed E-state index contributed by atoms with van der Waals surface area (Å²) in [4.78, 5) is 8.45. The van der Waals surface area contributed by atoms with E-state index >= 15 is 0 Å². The largest absolute Gasteiger partial charge is 0.461 e. The fraction of sp³-hybridized carbons (Fsp3) is 0.417. The molecule has 0 unspecified atom stereocenters. The molecule has 0 aliphatic heterocycles. The summed E-state index contributed by atoms with van der Waals surface area (Å²) in [5, 5.41) is 13.3. The first kappa shape index (κ1) is 13.1. The van der Waals surface area contributed by atoms with Crippen molar-refractivity contribution in [2.75, 3.05) is 7.05 Å². The molecule has 0 radical (unpaired) electrons. The Morgan fingerprint density at radius 2 is 2.37 bits per heavy atom. The first-order valence-corrected chi connectivity index (χ1v) is 6.11. The first-order valence-electron chi connectivity index (χ1n) is 6.11. The van der Waals surface area contributed by atoms with Crippen LogP contribution in [-0.2, 0) is 6.54 Å². The van der Waals surface area contributed by atoms with Crippen LogP contribution in [0, 0.1) is 0 Å². The maximum Gasteiger partial charge on any atom is 0.216 e. The Kier molecular flexibility index (Phi) is 4.17. The van der Waals surface area contributed by atoms with Crippen LogP contribution in [0.25, 0.3) is 11.6 Å². The number of nitrogens with one attached hydrogen (secondary N) is 3.